The van der Waals surface area contributed by atoms with Crippen LogP contribution in [0.15, 0.2) is 18.2 Å². The molecule has 0 aliphatic carbocycles. The number of nitrogens with one attached hydrogen (secondary N) is 1. The summed E-state index contributed by atoms with van der Waals surface area (Å²) in [6.07, 6.45) is 3.26. The van der Waals surface area contributed by atoms with Crippen LogP contribution in [0.5, 0.6) is 11.5 Å². The maximum absolute atomic E-state index is 13.8. The smallest absolute Gasteiger partial charge is 0.254 e. The molecular weight excluding hydrogens is 510 g/mol. The fourth-order valence-electron chi connectivity index (χ4n) is 5.64. The third kappa shape index (κ3) is 9.08. The maximum atomic E-state index is 13.8. The summed E-state index contributed by atoms with van der Waals surface area (Å²) in [5.41, 5.74) is 0.578. The SMILES string of the molecule is COCCCOc1cc(C(=O)N(C[C@@H]2CNC[C@@H]2CN(C(=O)CC2CCOCC2)C(C)C)C(C)C)ccc1OC. The van der Waals surface area contributed by atoms with E-state index in [1.807, 2.05) is 4.90 Å². The number of carbonyl (C=O) groups excluding carboxylic acids is 2. The van der Waals surface area contributed by atoms with Gasteiger partial charge in [0.25, 0.3) is 5.91 Å². The molecule has 1 aromatic carbocycles. The Morgan fingerprint density at radius 1 is 0.950 bits per heavy atom. The number of benzene rings is 1. The first kappa shape index (κ1) is 32.2. The Kier molecular flexibility index (Phi) is 13.0. The van der Waals surface area contributed by atoms with Gasteiger partial charge in [0.05, 0.1) is 13.7 Å². The number of hydrogen-bond donors (Lipinski definition) is 1. The second kappa shape index (κ2) is 16.2. The van der Waals surface area contributed by atoms with Crippen molar-refractivity contribution in [3.8, 4) is 11.5 Å². The Morgan fingerprint density at radius 3 is 2.20 bits per heavy atom. The van der Waals surface area contributed by atoms with Crippen molar-refractivity contribution in [2.24, 2.45) is 17.8 Å². The lowest BCUT2D eigenvalue weighted by Crippen LogP contribution is -2.46. The van der Waals surface area contributed by atoms with E-state index in [0.717, 1.165) is 45.6 Å². The van der Waals surface area contributed by atoms with Crippen LogP contribution in [0.1, 0.15) is 63.7 Å². The first-order chi connectivity index (χ1) is 19.2. The summed E-state index contributed by atoms with van der Waals surface area (Å²) < 4.78 is 22.0. The largest absolute Gasteiger partial charge is 0.493 e. The van der Waals surface area contributed by atoms with Gasteiger partial charge in [0.2, 0.25) is 5.91 Å². The minimum Gasteiger partial charge on any atom is -0.493 e. The Labute approximate surface area is 240 Å². The van der Waals surface area contributed by atoms with Crippen molar-refractivity contribution in [2.45, 2.75) is 65.5 Å². The van der Waals surface area contributed by atoms with Crippen LogP contribution >= 0.6 is 0 Å². The predicted molar refractivity (Wildman–Crippen MR) is 156 cm³/mol. The van der Waals surface area contributed by atoms with Crippen LogP contribution in [0.3, 0.4) is 0 Å². The molecule has 2 heterocycles. The van der Waals surface area contributed by atoms with Crippen LogP contribution in [-0.2, 0) is 14.3 Å². The number of amides is 2. The predicted octanol–water partition coefficient (Wildman–Crippen LogP) is 3.85. The molecule has 9 nitrogen and oxygen atoms in total. The van der Waals surface area contributed by atoms with Crippen molar-refractivity contribution in [3.63, 3.8) is 0 Å². The van der Waals surface area contributed by atoms with E-state index in [2.05, 4.69) is 37.9 Å². The van der Waals surface area contributed by atoms with E-state index in [9.17, 15) is 9.59 Å². The molecule has 1 N–H and O–H groups in total. The number of hydrogen-bond acceptors (Lipinski definition) is 7. The average molecular weight is 562 g/mol. The van der Waals surface area contributed by atoms with Gasteiger partial charge in [0, 0.05) is 83.6 Å². The van der Waals surface area contributed by atoms with Crippen LogP contribution in [-0.4, -0.2) is 101 Å². The standard InChI is InChI=1S/C31H51N3O6/c1-22(2)33(30(35)16-24-10-14-39-15-11-24)20-26-18-32-19-27(26)21-34(23(3)4)31(36)25-8-9-28(38-6)29(17-25)40-13-7-12-37-5/h8-9,17,22-24,26-27,32H,7,10-16,18-21H2,1-6H3/t26-,27+/m1/s1. The molecule has 0 unspecified atom stereocenters. The highest BCUT2D eigenvalue weighted by atomic mass is 16.5. The molecule has 0 aromatic heterocycles. The van der Waals surface area contributed by atoms with Gasteiger partial charge >= 0.3 is 0 Å². The molecule has 226 valence electrons. The Bertz CT molecular complexity index is 934. The summed E-state index contributed by atoms with van der Waals surface area (Å²) in [7, 11) is 3.26. The monoisotopic (exact) mass is 561 g/mol. The zero-order valence-corrected chi connectivity index (χ0v) is 25.4. The molecule has 2 amide bonds. The van der Waals surface area contributed by atoms with Gasteiger partial charge in [0.1, 0.15) is 0 Å². The highest BCUT2D eigenvalue weighted by Gasteiger charge is 2.35. The molecule has 1 aromatic rings. The molecule has 2 aliphatic rings. The van der Waals surface area contributed by atoms with E-state index in [4.69, 9.17) is 18.9 Å². The van der Waals surface area contributed by atoms with Gasteiger partial charge in [-0.05, 0) is 76.5 Å². The minimum atomic E-state index is -0.0265. The van der Waals surface area contributed by atoms with Gasteiger partial charge < -0.3 is 34.1 Å². The molecule has 2 fully saturated rings. The Balaban J connectivity index is 1.68. The van der Waals surface area contributed by atoms with Crippen molar-refractivity contribution in [1.82, 2.24) is 15.1 Å². The van der Waals surface area contributed by atoms with Crippen LogP contribution in [0.2, 0.25) is 0 Å². The number of rotatable bonds is 15. The van der Waals surface area contributed by atoms with Crippen molar-refractivity contribution in [1.29, 1.82) is 0 Å². The summed E-state index contributed by atoms with van der Waals surface area (Å²) in [5.74, 6) is 2.32. The highest BCUT2D eigenvalue weighted by Crippen LogP contribution is 2.30. The molecule has 40 heavy (non-hydrogen) atoms. The fourth-order valence-corrected chi connectivity index (χ4v) is 5.64. The average Bonchev–Trinajstić information content (AvgIpc) is 3.39. The van der Waals surface area contributed by atoms with E-state index in [-0.39, 0.29) is 35.7 Å². The molecule has 9 heteroatoms. The van der Waals surface area contributed by atoms with E-state index in [1.165, 1.54) is 0 Å². The van der Waals surface area contributed by atoms with Gasteiger partial charge in [-0.25, -0.2) is 0 Å². The van der Waals surface area contributed by atoms with Gasteiger partial charge in [0.15, 0.2) is 11.5 Å². The van der Waals surface area contributed by atoms with Crippen LogP contribution in [0.25, 0.3) is 0 Å². The summed E-state index contributed by atoms with van der Waals surface area (Å²) >= 11 is 0. The first-order valence-electron chi connectivity index (χ1n) is 14.9. The molecule has 3 rings (SSSR count). The normalized spacial score (nSPS) is 19.7. The third-order valence-electron chi connectivity index (χ3n) is 8.14. The fraction of sp³-hybridized carbons (Fsp3) is 0.742. The molecule has 2 atom stereocenters. The molecule has 0 saturated carbocycles. The maximum Gasteiger partial charge on any atom is 0.254 e. The summed E-state index contributed by atoms with van der Waals surface area (Å²) in [6, 6.07) is 5.54. The quantitative estimate of drug-likeness (QED) is 0.326. The number of carbonyl (C=O) groups is 2. The van der Waals surface area contributed by atoms with Crippen LogP contribution in [0.4, 0.5) is 0 Å². The number of ether oxygens (including phenoxy) is 4. The summed E-state index contributed by atoms with van der Waals surface area (Å²) in [6.45, 7) is 13.9. The third-order valence-corrected chi connectivity index (χ3v) is 8.14. The van der Waals surface area contributed by atoms with Crippen LogP contribution in [0, 0.1) is 17.8 Å². The number of methoxy groups -OCH3 is 2. The Hall–Kier alpha value is -2.36. The highest BCUT2D eigenvalue weighted by molar-refractivity contribution is 5.95. The van der Waals surface area contributed by atoms with Crippen molar-refractivity contribution >= 4 is 11.8 Å². The van der Waals surface area contributed by atoms with Crippen molar-refractivity contribution in [3.05, 3.63) is 23.8 Å². The second-order valence-corrected chi connectivity index (χ2v) is 11.7. The lowest BCUT2D eigenvalue weighted by atomic mass is 9.92. The number of nitrogens with zero attached hydrogens (tertiary/aromatic N) is 2. The summed E-state index contributed by atoms with van der Waals surface area (Å²) in [5, 5.41) is 3.53. The van der Waals surface area contributed by atoms with E-state index >= 15 is 0 Å². The summed E-state index contributed by atoms with van der Waals surface area (Å²) in [4.78, 5) is 31.1. The first-order valence-corrected chi connectivity index (χ1v) is 14.9. The molecular formula is C31H51N3O6. The van der Waals surface area contributed by atoms with E-state index in [0.29, 0.717) is 55.7 Å². The topological polar surface area (TPSA) is 89.6 Å². The molecule has 2 aliphatic heterocycles. The zero-order chi connectivity index (χ0) is 29.1. The van der Waals surface area contributed by atoms with Gasteiger partial charge in [-0.15, -0.1) is 0 Å². The molecule has 0 radical (unpaired) electrons. The Morgan fingerprint density at radius 2 is 1.60 bits per heavy atom. The van der Waals surface area contributed by atoms with E-state index in [1.54, 1.807) is 32.4 Å². The minimum absolute atomic E-state index is 0.0262. The van der Waals surface area contributed by atoms with Gasteiger partial charge in [-0.3, -0.25) is 9.59 Å². The molecule has 0 spiro atoms. The molecule has 0 bridgehead atoms. The van der Waals surface area contributed by atoms with E-state index < -0.39 is 0 Å². The van der Waals surface area contributed by atoms with Gasteiger partial charge in [-0.1, -0.05) is 0 Å². The van der Waals surface area contributed by atoms with Crippen molar-refractivity contribution < 1.29 is 28.5 Å². The van der Waals surface area contributed by atoms with Crippen molar-refractivity contribution in [2.75, 3.05) is 66.8 Å². The second-order valence-electron chi connectivity index (χ2n) is 11.7. The lowest BCUT2D eigenvalue weighted by molar-refractivity contribution is -0.135. The zero-order valence-electron chi connectivity index (χ0n) is 25.4. The van der Waals surface area contributed by atoms with Gasteiger partial charge in [-0.2, -0.15) is 0 Å². The molecule has 2 saturated heterocycles. The van der Waals surface area contributed by atoms with Crippen LogP contribution < -0.4 is 14.8 Å². The lowest BCUT2D eigenvalue weighted by Gasteiger charge is -2.35.